The second-order valence-electron chi connectivity index (χ2n) is 6.47. The van der Waals surface area contributed by atoms with Crippen molar-refractivity contribution in [3.63, 3.8) is 0 Å². The number of carboxylic acid groups (broad SMARTS) is 1. The molecule has 0 aromatic heterocycles. The normalized spacial score (nSPS) is 10.4. The molecule has 0 spiro atoms. The Labute approximate surface area is 160 Å². The molecule has 0 heterocycles. The minimum atomic E-state index is -1.06. The Kier molecular flexibility index (Phi) is 8.36. The van der Waals surface area contributed by atoms with E-state index in [2.05, 4.69) is 12.2 Å². The highest BCUT2D eigenvalue weighted by Gasteiger charge is 2.13. The first-order chi connectivity index (χ1) is 13.1. The van der Waals surface area contributed by atoms with Crippen molar-refractivity contribution in [3.8, 4) is 11.5 Å². The first-order valence-corrected chi connectivity index (χ1v) is 9.51. The van der Waals surface area contributed by atoms with E-state index in [0.29, 0.717) is 17.9 Å². The van der Waals surface area contributed by atoms with E-state index in [-0.39, 0.29) is 17.2 Å². The molecule has 0 aliphatic carbocycles. The summed E-state index contributed by atoms with van der Waals surface area (Å²) in [5, 5.41) is 12.2. The maximum Gasteiger partial charge on any atom is 0.339 e. The van der Waals surface area contributed by atoms with Crippen LogP contribution < -0.4 is 10.1 Å². The van der Waals surface area contributed by atoms with Crippen LogP contribution in [0.3, 0.4) is 0 Å². The molecule has 1 amide bonds. The number of amides is 1. The van der Waals surface area contributed by atoms with Gasteiger partial charge >= 0.3 is 5.97 Å². The summed E-state index contributed by atoms with van der Waals surface area (Å²) in [4.78, 5) is 23.6. The van der Waals surface area contributed by atoms with E-state index >= 15 is 0 Å². The summed E-state index contributed by atoms with van der Waals surface area (Å²) < 4.78 is 5.78. The number of ether oxygens (including phenoxy) is 1. The molecule has 2 N–H and O–H groups in total. The zero-order valence-electron chi connectivity index (χ0n) is 15.7. The highest BCUT2D eigenvalue weighted by atomic mass is 16.5. The zero-order valence-corrected chi connectivity index (χ0v) is 15.7. The zero-order chi connectivity index (χ0) is 19.5. The molecule has 0 aliphatic rings. The number of aromatic carboxylic acids is 1. The molecule has 2 aromatic carbocycles. The van der Waals surface area contributed by atoms with Crippen LogP contribution in [0.2, 0.25) is 0 Å². The molecule has 0 saturated heterocycles. The number of unbranched alkanes of at least 4 members (excludes halogenated alkanes) is 5. The van der Waals surface area contributed by atoms with Crippen molar-refractivity contribution < 1.29 is 19.4 Å². The lowest BCUT2D eigenvalue weighted by atomic mass is 10.1. The number of rotatable bonds is 11. The van der Waals surface area contributed by atoms with Crippen LogP contribution in [0.5, 0.6) is 11.5 Å². The summed E-state index contributed by atoms with van der Waals surface area (Å²) in [6.07, 6.45) is 7.21. The van der Waals surface area contributed by atoms with Crippen LogP contribution in [0.25, 0.3) is 0 Å². The van der Waals surface area contributed by atoms with E-state index < -0.39 is 5.97 Å². The van der Waals surface area contributed by atoms with Crippen LogP contribution in [0.15, 0.2) is 48.5 Å². The molecule has 2 rings (SSSR count). The molecule has 0 radical (unpaired) electrons. The van der Waals surface area contributed by atoms with E-state index in [1.807, 2.05) is 0 Å². The topological polar surface area (TPSA) is 75.6 Å². The van der Waals surface area contributed by atoms with Crippen LogP contribution in [-0.2, 0) is 4.79 Å². The molecule has 5 nitrogen and oxygen atoms in total. The summed E-state index contributed by atoms with van der Waals surface area (Å²) in [5.41, 5.74) is 0.611. The van der Waals surface area contributed by atoms with Gasteiger partial charge in [-0.3, -0.25) is 4.79 Å². The quantitative estimate of drug-likeness (QED) is 0.486. The van der Waals surface area contributed by atoms with Crippen molar-refractivity contribution >= 4 is 17.6 Å². The first-order valence-electron chi connectivity index (χ1n) is 9.51. The standard InChI is InChI=1S/C22H27NO4/c1-2-3-4-5-6-7-16-21(24)23-18-13-9-11-15-20(18)27-19-14-10-8-12-17(19)22(25)26/h8-15H,2-7,16H2,1H3,(H,23,24)(H,25,26). The van der Waals surface area contributed by atoms with E-state index in [9.17, 15) is 14.7 Å². The van der Waals surface area contributed by atoms with E-state index in [0.717, 1.165) is 19.3 Å². The molecule has 0 unspecified atom stereocenters. The fourth-order valence-electron chi connectivity index (χ4n) is 2.79. The van der Waals surface area contributed by atoms with Gasteiger partial charge in [0.25, 0.3) is 0 Å². The molecule has 27 heavy (non-hydrogen) atoms. The Morgan fingerprint density at radius 2 is 1.52 bits per heavy atom. The van der Waals surface area contributed by atoms with Crippen molar-refractivity contribution in [1.29, 1.82) is 0 Å². The Morgan fingerprint density at radius 3 is 2.26 bits per heavy atom. The Hall–Kier alpha value is -2.82. The van der Waals surface area contributed by atoms with Crippen molar-refractivity contribution in [3.05, 3.63) is 54.1 Å². The van der Waals surface area contributed by atoms with Crippen molar-refractivity contribution in [2.24, 2.45) is 0 Å². The third kappa shape index (κ3) is 6.77. The van der Waals surface area contributed by atoms with Crippen molar-refractivity contribution in [1.82, 2.24) is 0 Å². The molecular formula is C22H27NO4. The molecule has 0 saturated carbocycles. The number of nitrogens with one attached hydrogen (secondary N) is 1. The lowest BCUT2D eigenvalue weighted by Gasteiger charge is -2.13. The van der Waals surface area contributed by atoms with Crippen molar-refractivity contribution in [2.45, 2.75) is 51.9 Å². The predicted octanol–water partition coefficient (Wildman–Crippen LogP) is 5.87. The molecule has 0 fully saturated rings. The highest BCUT2D eigenvalue weighted by molar-refractivity contribution is 5.93. The first kappa shape index (κ1) is 20.5. The van der Waals surface area contributed by atoms with Gasteiger partial charge in [0, 0.05) is 6.42 Å². The van der Waals surface area contributed by atoms with Crippen LogP contribution in [0.1, 0.15) is 62.2 Å². The van der Waals surface area contributed by atoms with E-state index in [1.165, 1.54) is 25.3 Å². The molecular weight excluding hydrogens is 342 g/mol. The largest absolute Gasteiger partial charge is 0.478 e. The van der Waals surface area contributed by atoms with Crippen LogP contribution in [-0.4, -0.2) is 17.0 Å². The average Bonchev–Trinajstić information content (AvgIpc) is 2.66. The van der Waals surface area contributed by atoms with Crippen LogP contribution in [0.4, 0.5) is 5.69 Å². The number of anilines is 1. The summed E-state index contributed by atoms with van der Waals surface area (Å²) in [5.74, 6) is -0.464. The van der Waals surface area contributed by atoms with Gasteiger partial charge in [0.05, 0.1) is 5.69 Å². The molecule has 2 aromatic rings. The molecule has 0 bridgehead atoms. The number of carbonyl (C=O) groups excluding carboxylic acids is 1. The maximum atomic E-state index is 12.2. The Morgan fingerprint density at radius 1 is 0.889 bits per heavy atom. The lowest BCUT2D eigenvalue weighted by Crippen LogP contribution is -2.12. The van der Waals surface area contributed by atoms with Crippen molar-refractivity contribution in [2.75, 3.05) is 5.32 Å². The van der Waals surface area contributed by atoms with E-state index in [4.69, 9.17) is 4.74 Å². The second kappa shape index (κ2) is 11.0. The van der Waals surface area contributed by atoms with Gasteiger partial charge in [0.2, 0.25) is 5.91 Å². The van der Waals surface area contributed by atoms with Gasteiger partial charge in [-0.15, -0.1) is 0 Å². The fraction of sp³-hybridized carbons (Fsp3) is 0.364. The summed E-state index contributed by atoms with van der Waals surface area (Å²) in [6, 6.07) is 13.5. The van der Waals surface area contributed by atoms with Gasteiger partial charge in [-0.25, -0.2) is 4.79 Å². The monoisotopic (exact) mass is 369 g/mol. The molecule has 0 atom stereocenters. The third-order valence-electron chi connectivity index (χ3n) is 4.26. The molecule has 5 heteroatoms. The molecule has 144 valence electrons. The Bertz CT molecular complexity index is 757. The van der Waals surface area contributed by atoms with Gasteiger partial charge in [0.15, 0.2) is 5.75 Å². The second-order valence-corrected chi connectivity index (χ2v) is 6.47. The number of carbonyl (C=O) groups is 2. The van der Waals surface area contributed by atoms with E-state index in [1.54, 1.807) is 42.5 Å². The minimum Gasteiger partial charge on any atom is -0.478 e. The average molecular weight is 369 g/mol. The smallest absolute Gasteiger partial charge is 0.339 e. The summed E-state index contributed by atoms with van der Waals surface area (Å²) >= 11 is 0. The molecule has 0 aliphatic heterocycles. The van der Waals surface area contributed by atoms with Gasteiger partial charge in [0.1, 0.15) is 11.3 Å². The predicted molar refractivity (Wildman–Crippen MR) is 107 cm³/mol. The van der Waals surface area contributed by atoms with Gasteiger partial charge in [-0.05, 0) is 30.7 Å². The van der Waals surface area contributed by atoms with Gasteiger partial charge < -0.3 is 15.2 Å². The van der Waals surface area contributed by atoms with Crippen LogP contribution >= 0.6 is 0 Å². The Balaban J connectivity index is 1.96. The highest BCUT2D eigenvalue weighted by Crippen LogP contribution is 2.31. The summed E-state index contributed by atoms with van der Waals surface area (Å²) in [6.45, 7) is 2.18. The lowest BCUT2D eigenvalue weighted by molar-refractivity contribution is -0.116. The van der Waals surface area contributed by atoms with Crippen LogP contribution in [0, 0.1) is 0 Å². The number of para-hydroxylation sites is 3. The third-order valence-corrected chi connectivity index (χ3v) is 4.26. The fourth-order valence-corrected chi connectivity index (χ4v) is 2.79. The maximum absolute atomic E-state index is 12.2. The number of hydrogen-bond acceptors (Lipinski definition) is 3. The minimum absolute atomic E-state index is 0.0620. The van der Waals surface area contributed by atoms with Gasteiger partial charge in [-0.1, -0.05) is 63.3 Å². The summed E-state index contributed by atoms with van der Waals surface area (Å²) in [7, 11) is 0. The number of benzene rings is 2. The number of carboxylic acids is 1. The number of hydrogen-bond donors (Lipinski definition) is 2. The van der Waals surface area contributed by atoms with Gasteiger partial charge in [-0.2, -0.15) is 0 Å². The SMILES string of the molecule is CCCCCCCCC(=O)Nc1ccccc1Oc1ccccc1C(=O)O.